The monoisotopic (exact) mass is 653 g/mol. The molecule has 47 heavy (non-hydrogen) atoms. The lowest BCUT2D eigenvalue weighted by atomic mass is 10.0. The first-order valence-corrected chi connectivity index (χ1v) is 20.6. The zero-order valence-electron chi connectivity index (χ0n) is 32.1. The van der Waals surface area contributed by atoms with Gasteiger partial charge in [0.1, 0.15) is 6.10 Å². The smallest absolute Gasteiger partial charge is 0.127 e. The van der Waals surface area contributed by atoms with Gasteiger partial charge in [-0.05, 0) is 117 Å². The quantitative estimate of drug-likeness (QED) is 0.0400. The van der Waals surface area contributed by atoms with Crippen molar-refractivity contribution >= 4 is 5.71 Å². The van der Waals surface area contributed by atoms with Crippen LogP contribution >= 0.6 is 0 Å². The third-order valence-corrected chi connectivity index (χ3v) is 9.75. The Morgan fingerprint density at radius 2 is 0.979 bits per heavy atom. The largest absolute Gasteiger partial charge is 0.393 e. The molecule has 0 bridgehead atoms. The van der Waals surface area contributed by atoms with Crippen molar-refractivity contribution in [3.8, 4) is 0 Å². The summed E-state index contributed by atoms with van der Waals surface area (Å²) in [6, 6.07) is 0.635. The summed E-state index contributed by atoms with van der Waals surface area (Å²) in [6.07, 6.45) is 56.2. The van der Waals surface area contributed by atoms with E-state index in [1.807, 2.05) is 0 Å². The maximum absolute atomic E-state index is 6.25. The van der Waals surface area contributed by atoms with Crippen molar-refractivity contribution < 1.29 is 4.84 Å². The lowest BCUT2D eigenvalue weighted by molar-refractivity contribution is 0.0424. The molecular formula is C44H80N2O. The maximum atomic E-state index is 6.25. The first-order chi connectivity index (χ1) is 23.2. The molecule has 3 nitrogen and oxygen atoms in total. The predicted octanol–water partition coefficient (Wildman–Crippen LogP) is 14.2. The summed E-state index contributed by atoms with van der Waals surface area (Å²) in [5.74, 6) is 0. The van der Waals surface area contributed by atoms with Gasteiger partial charge in [0.05, 0.1) is 5.71 Å². The fourth-order valence-electron chi connectivity index (χ4n) is 6.45. The molecule has 1 aliphatic carbocycles. The summed E-state index contributed by atoms with van der Waals surface area (Å²) >= 11 is 0. The van der Waals surface area contributed by atoms with Crippen molar-refractivity contribution in [2.24, 2.45) is 5.16 Å². The van der Waals surface area contributed by atoms with Crippen molar-refractivity contribution in [2.45, 2.75) is 212 Å². The maximum Gasteiger partial charge on any atom is 0.127 e. The van der Waals surface area contributed by atoms with E-state index >= 15 is 0 Å². The minimum Gasteiger partial charge on any atom is -0.393 e. The average molecular weight is 653 g/mol. The molecule has 1 atom stereocenters. The van der Waals surface area contributed by atoms with Gasteiger partial charge in [0.2, 0.25) is 0 Å². The number of rotatable bonds is 33. The van der Waals surface area contributed by atoms with Crippen LogP contribution in [0.2, 0.25) is 0 Å². The minimum atomic E-state index is 0.303. The molecule has 1 unspecified atom stereocenters. The highest BCUT2D eigenvalue weighted by molar-refractivity contribution is 5.86. The Balaban J connectivity index is 2.17. The van der Waals surface area contributed by atoms with Gasteiger partial charge in [-0.3, -0.25) is 0 Å². The van der Waals surface area contributed by atoms with Crippen LogP contribution in [-0.2, 0) is 4.84 Å². The van der Waals surface area contributed by atoms with Crippen molar-refractivity contribution in [3.05, 3.63) is 48.6 Å². The molecular weight excluding hydrogens is 572 g/mol. The first kappa shape index (κ1) is 43.4. The molecule has 1 fully saturated rings. The van der Waals surface area contributed by atoms with Crippen LogP contribution in [0.4, 0.5) is 0 Å². The van der Waals surface area contributed by atoms with Crippen LogP contribution in [0.3, 0.4) is 0 Å². The molecule has 0 spiro atoms. The molecule has 0 radical (unpaired) electrons. The Bertz CT molecular complexity index is 760. The molecule has 1 aliphatic rings. The first-order valence-electron chi connectivity index (χ1n) is 20.6. The van der Waals surface area contributed by atoms with Crippen molar-refractivity contribution in [3.63, 3.8) is 0 Å². The Kier molecular flexibility index (Phi) is 31.6. The number of oxime groups is 1. The standard InChI is InChI=1S/C44H80N2O/c1-5-7-9-11-13-15-17-19-21-23-25-27-29-31-33-35-37-44(47-45-42-39-40-43(41-42)46(3)4)38-36-34-32-30-28-26-24-22-20-18-16-14-12-10-8-6-2/h13-16,19-22,43-44H,5-12,17-18,23-41H2,1-4H3/b15-13-,16-14-,21-19-,22-20-,45-42+. The second-order valence-electron chi connectivity index (χ2n) is 14.5. The SMILES string of the molecule is CCCCC/C=C\C/C=C\CCCCCCCCC(CCCCCCCC/C=C\C/C=C\CCCCC)O/N=C1\CCC(N(C)C)C1. The Labute approximate surface area is 294 Å². The van der Waals surface area contributed by atoms with Crippen LogP contribution < -0.4 is 0 Å². The summed E-state index contributed by atoms with van der Waals surface area (Å²) < 4.78 is 0. The van der Waals surface area contributed by atoms with E-state index in [2.05, 4.69) is 81.5 Å². The molecule has 1 rings (SSSR count). The van der Waals surface area contributed by atoms with Gasteiger partial charge in [-0.25, -0.2) is 0 Å². The van der Waals surface area contributed by atoms with Crippen LogP contribution in [0.1, 0.15) is 200 Å². The molecule has 0 aromatic carbocycles. The normalized spacial score (nSPS) is 16.6. The summed E-state index contributed by atoms with van der Waals surface area (Å²) in [7, 11) is 4.38. The summed E-state index contributed by atoms with van der Waals surface area (Å²) in [6.45, 7) is 4.54. The molecule has 0 aromatic rings. The van der Waals surface area contributed by atoms with Crippen molar-refractivity contribution in [2.75, 3.05) is 14.1 Å². The van der Waals surface area contributed by atoms with Gasteiger partial charge in [-0.2, -0.15) is 0 Å². The van der Waals surface area contributed by atoms with Gasteiger partial charge >= 0.3 is 0 Å². The van der Waals surface area contributed by atoms with Crippen LogP contribution in [0.5, 0.6) is 0 Å². The molecule has 0 saturated heterocycles. The Morgan fingerprint density at radius 1 is 0.574 bits per heavy atom. The van der Waals surface area contributed by atoms with E-state index in [1.54, 1.807) is 0 Å². The van der Waals surface area contributed by atoms with E-state index in [1.165, 1.54) is 166 Å². The molecule has 0 amide bonds. The molecule has 0 aliphatic heterocycles. The van der Waals surface area contributed by atoms with Crippen LogP contribution in [0.25, 0.3) is 0 Å². The number of allylic oxidation sites excluding steroid dienone is 8. The zero-order valence-corrected chi connectivity index (χ0v) is 32.1. The number of unbranched alkanes of at least 4 members (excludes halogenated alkanes) is 18. The van der Waals surface area contributed by atoms with Crippen LogP contribution in [-0.4, -0.2) is 36.9 Å². The van der Waals surface area contributed by atoms with Gasteiger partial charge in [-0.15, -0.1) is 0 Å². The second kappa shape index (κ2) is 34.3. The Morgan fingerprint density at radius 3 is 1.38 bits per heavy atom. The molecule has 0 aromatic heterocycles. The molecule has 272 valence electrons. The van der Waals surface area contributed by atoms with E-state index in [-0.39, 0.29) is 0 Å². The highest BCUT2D eigenvalue weighted by Crippen LogP contribution is 2.22. The lowest BCUT2D eigenvalue weighted by Gasteiger charge is -2.17. The van der Waals surface area contributed by atoms with E-state index in [4.69, 9.17) is 9.99 Å². The third kappa shape index (κ3) is 29.1. The summed E-state index contributed by atoms with van der Waals surface area (Å²) in [5, 5.41) is 4.71. The number of hydrogen-bond donors (Lipinski definition) is 0. The van der Waals surface area contributed by atoms with E-state index in [0.29, 0.717) is 12.1 Å². The molecule has 1 saturated carbocycles. The summed E-state index contributed by atoms with van der Waals surface area (Å²) in [5.41, 5.74) is 1.28. The summed E-state index contributed by atoms with van der Waals surface area (Å²) in [4.78, 5) is 8.59. The second-order valence-corrected chi connectivity index (χ2v) is 14.5. The van der Waals surface area contributed by atoms with Gasteiger partial charge in [-0.1, -0.05) is 145 Å². The fraction of sp³-hybridized carbons (Fsp3) is 0.795. The fourth-order valence-corrected chi connectivity index (χ4v) is 6.45. The average Bonchev–Trinajstić information content (AvgIpc) is 3.56. The molecule has 3 heteroatoms. The third-order valence-electron chi connectivity index (χ3n) is 9.75. The van der Waals surface area contributed by atoms with E-state index < -0.39 is 0 Å². The predicted molar refractivity (Wildman–Crippen MR) is 212 cm³/mol. The van der Waals surface area contributed by atoms with Crippen LogP contribution in [0.15, 0.2) is 53.8 Å². The van der Waals surface area contributed by atoms with Gasteiger partial charge < -0.3 is 9.74 Å². The molecule has 0 heterocycles. The van der Waals surface area contributed by atoms with Crippen LogP contribution in [0, 0.1) is 0 Å². The number of hydrogen-bond acceptors (Lipinski definition) is 3. The Hall–Kier alpha value is -1.61. The van der Waals surface area contributed by atoms with Crippen molar-refractivity contribution in [1.29, 1.82) is 0 Å². The highest BCUT2D eigenvalue weighted by Gasteiger charge is 2.23. The highest BCUT2D eigenvalue weighted by atomic mass is 16.6. The van der Waals surface area contributed by atoms with E-state index in [0.717, 1.165) is 25.7 Å². The van der Waals surface area contributed by atoms with Gasteiger partial charge in [0.25, 0.3) is 0 Å². The number of nitrogens with zero attached hydrogens (tertiary/aromatic N) is 2. The topological polar surface area (TPSA) is 24.8 Å². The minimum absolute atomic E-state index is 0.303. The van der Waals surface area contributed by atoms with Crippen molar-refractivity contribution in [1.82, 2.24) is 4.90 Å². The zero-order chi connectivity index (χ0) is 33.9. The molecule has 0 N–H and O–H groups in total. The van der Waals surface area contributed by atoms with Gasteiger partial charge in [0.15, 0.2) is 0 Å². The van der Waals surface area contributed by atoms with E-state index in [9.17, 15) is 0 Å². The lowest BCUT2D eigenvalue weighted by Crippen LogP contribution is -2.24. The van der Waals surface area contributed by atoms with Gasteiger partial charge in [0, 0.05) is 12.5 Å².